The Hall–Kier alpha value is -4.18. The third-order valence-corrected chi connectivity index (χ3v) is 6.17. The third-order valence-electron chi connectivity index (χ3n) is 5.87. The van der Waals surface area contributed by atoms with Gasteiger partial charge in [-0.15, -0.1) is 10.2 Å². The van der Waals surface area contributed by atoms with E-state index in [-0.39, 0.29) is 0 Å². The number of nitrogens with zero attached hydrogens (tertiary/aromatic N) is 6. The lowest BCUT2D eigenvalue weighted by molar-refractivity contribution is 0.341. The SMILES string of the molecule is CCOc1cc(-c2cc(NCCn3c(C)cc4c(OC)ccc(Cl)c43)ncn2)ccc1-c1nn[nH]n1. The molecule has 3 aromatic heterocycles. The normalized spacial score (nSPS) is 11.1. The maximum Gasteiger partial charge on any atom is 0.208 e. The fourth-order valence-corrected chi connectivity index (χ4v) is 4.50. The average molecular weight is 505 g/mol. The molecule has 0 saturated heterocycles. The lowest BCUT2D eigenvalue weighted by Crippen LogP contribution is -2.12. The molecule has 0 aliphatic heterocycles. The Kier molecular flexibility index (Phi) is 6.68. The van der Waals surface area contributed by atoms with Crippen molar-refractivity contribution in [2.45, 2.75) is 20.4 Å². The number of benzene rings is 2. The number of nitrogens with one attached hydrogen (secondary N) is 2. The summed E-state index contributed by atoms with van der Waals surface area (Å²) in [5.41, 5.74) is 4.48. The van der Waals surface area contributed by atoms with Crippen LogP contribution in [0.1, 0.15) is 12.6 Å². The summed E-state index contributed by atoms with van der Waals surface area (Å²) >= 11 is 6.53. The molecule has 0 spiro atoms. The standard InChI is InChI=1S/C25H25ClN8O2/c1-4-36-22-12-16(5-6-17(22)25-30-32-33-31-25)20-13-23(29-14-28-20)27-9-10-34-15(2)11-18-21(35-3)8-7-19(26)24(18)34/h5-8,11-14H,4,9-10H2,1-3H3,(H,27,28,29)(H,30,31,32,33). The molecule has 5 rings (SSSR count). The monoisotopic (exact) mass is 504 g/mol. The molecule has 10 nitrogen and oxygen atoms in total. The van der Waals surface area contributed by atoms with E-state index in [1.165, 1.54) is 0 Å². The first kappa shape index (κ1) is 23.6. The van der Waals surface area contributed by atoms with Gasteiger partial charge in [-0.05, 0) is 49.4 Å². The van der Waals surface area contributed by atoms with E-state index in [2.05, 4.69) is 53.5 Å². The Bertz CT molecular complexity index is 1500. The highest BCUT2D eigenvalue weighted by Crippen LogP contribution is 2.34. The summed E-state index contributed by atoms with van der Waals surface area (Å²) in [6, 6.07) is 13.5. The number of hydrogen-bond donors (Lipinski definition) is 2. The number of halogens is 1. The fraction of sp³-hybridized carbons (Fsp3) is 0.240. The number of aromatic amines is 1. The van der Waals surface area contributed by atoms with E-state index in [0.717, 1.165) is 45.0 Å². The van der Waals surface area contributed by atoms with Crippen molar-refractivity contribution in [1.82, 2.24) is 35.2 Å². The second-order valence-electron chi connectivity index (χ2n) is 8.04. The molecule has 2 N–H and O–H groups in total. The lowest BCUT2D eigenvalue weighted by atomic mass is 10.1. The smallest absolute Gasteiger partial charge is 0.208 e. The minimum atomic E-state index is 0.473. The molecule has 36 heavy (non-hydrogen) atoms. The summed E-state index contributed by atoms with van der Waals surface area (Å²) in [6.45, 7) is 5.85. The minimum absolute atomic E-state index is 0.473. The van der Waals surface area contributed by atoms with Crippen LogP contribution < -0.4 is 14.8 Å². The molecule has 0 fully saturated rings. The molecule has 0 aliphatic rings. The second kappa shape index (κ2) is 10.2. The molecule has 0 radical (unpaired) electrons. The quantitative estimate of drug-likeness (QED) is 0.295. The predicted octanol–water partition coefficient (Wildman–Crippen LogP) is 4.76. The van der Waals surface area contributed by atoms with Crippen molar-refractivity contribution < 1.29 is 9.47 Å². The zero-order valence-corrected chi connectivity index (χ0v) is 20.9. The van der Waals surface area contributed by atoms with Crippen molar-refractivity contribution >= 4 is 28.3 Å². The van der Waals surface area contributed by atoms with E-state index in [1.807, 2.05) is 43.3 Å². The fourth-order valence-electron chi connectivity index (χ4n) is 4.23. The molecule has 0 aliphatic carbocycles. The first-order chi connectivity index (χ1) is 17.6. The summed E-state index contributed by atoms with van der Waals surface area (Å²) in [6.07, 6.45) is 1.54. The van der Waals surface area contributed by atoms with Crippen LogP contribution in [0.3, 0.4) is 0 Å². The summed E-state index contributed by atoms with van der Waals surface area (Å²) in [5, 5.41) is 19.3. The number of aryl methyl sites for hydroxylation is 1. The first-order valence-corrected chi connectivity index (χ1v) is 11.9. The molecule has 11 heteroatoms. The van der Waals surface area contributed by atoms with Crippen molar-refractivity contribution in [3.8, 4) is 34.1 Å². The van der Waals surface area contributed by atoms with Crippen molar-refractivity contribution in [3.63, 3.8) is 0 Å². The largest absolute Gasteiger partial charge is 0.496 e. The van der Waals surface area contributed by atoms with Crippen molar-refractivity contribution in [1.29, 1.82) is 0 Å². The topological polar surface area (TPSA) is 116 Å². The van der Waals surface area contributed by atoms with E-state index in [4.69, 9.17) is 21.1 Å². The maximum absolute atomic E-state index is 6.53. The Morgan fingerprint density at radius 3 is 2.75 bits per heavy atom. The molecule has 0 unspecified atom stereocenters. The summed E-state index contributed by atoms with van der Waals surface area (Å²) in [4.78, 5) is 8.84. The van der Waals surface area contributed by atoms with Crippen LogP contribution in [0.4, 0.5) is 5.82 Å². The maximum atomic E-state index is 6.53. The second-order valence-corrected chi connectivity index (χ2v) is 8.45. The lowest BCUT2D eigenvalue weighted by Gasteiger charge is -2.13. The van der Waals surface area contributed by atoms with Crippen molar-refractivity contribution in [2.24, 2.45) is 0 Å². The Morgan fingerprint density at radius 2 is 1.97 bits per heavy atom. The van der Waals surface area contributed by atoms with Gasteiger partial charge in [0.05, 0.1) is 35.5 Å². The number of hydrogen-bond acceptors (Lipinski definition) is 8. The van der Waals surface area contributed by atoms with Gasteiger partial charge >= 0.3 is 0 Å². The van der Waals surface area contributed by atoms with Gasteiger partial charge in [0, 0.05) is 35.8 Å². The van der Waals surface area contributed by atoms with E-state index in [9.17, 15) is 0 Å². The van der Waals surface area contributed by atoms with Crippen LogP contribution in [-0.2, 0) is 6.54 Å². The van der Waals surface area contributed by atoms with Gasteiger partial charge in [0.1, 0.15) is 23.6 Å². The molecule has 0 bridgehead atoms. The number of anilines is 1. The van der Waals surface area contributed by atoms with Gasteiger partial charge in [0.25, 0.3) is 0 Å². The molecule has 0 saturated carbocycles. The predicted molar refractivity (Wildman–Crippen MR) is 139 cm³/mol. The summed E-state index contributed by atoms with van der Waals surface area (Å²) in [7, 11) is 1.67. The number of tetrazole rings is 1. The van der Waals surface area contributed by atoms with Crippen LogP contribution in [0.25, 0.3) is 33.5 Å². The van der Waals surface area contributed by atoms with Crippen LogP contribution in [0.2, 0.25) is 5.02 Å². The van der Waals surface area contributed by atoms with Crippen LogP contribution >= 0.6 is 11.6 Å². The molecule has 0 amide bonds. The van der Waals surface area contributed by atoms with Crippen LogP contribution in [-0.4, -0.2) is 55.4 Å². The molecule has 5 aromatic rings. The van der Waals surface area contributed by atoms with E-state index in [1.54, 1.807) is 13.4 Å². The van der Waals surface area contributed by atoms with Gasteiger partial charge < -0.3 is 19.4 Å². The van der Waals surface area contributed by atoms with Gasteiger partial charge in [-0.25, -0.2) is 9.97 Å². The van der Waals surface area contributed by atoms with Crippen molar-refractivity contribution in [3.05, 3.63) is 59.5 Å². The van der Waals surface area contributed by atoms with E-state index in [0.29, 0.717) is 36.3 Å². The van der Waals surface area contributed by atoms with Gasteiger partial charge in [0.2, 0.25) is 5.82 Å². The van der Waals surface area contributed by atoms with Crippen LogP contribution in [0.15, 0.2) is 48.8 Å². The molecular formula is C25H25ClN8O2. The van der Waals surface area contributed by atoms with Gasteiger partial charge in [-0.3, -0.25) is 0 Å². The summed E-state index contributed by atoms with van der Waals surface area (Å²) < 4.78 is 13.5. The summed E-state index contributed by atoms with van der Waals surface area (Å²) in [5.74, 6) is 2.66. The minimum Gasteiger partial charge on any atom is -0.496 e. The molecule has 2 aromatic carbocycles. The van der Waals surface area contributed by atoms with Gasteiger partial charge in [0.15, 0.2) is 0 Å². The number of rotatable bonds is 9. The number of aromatic nitrogens is 7. The number of fused-ring (bicyclic) bond motifs is 1. The molecule has 184 valence electrons. The van der Waals surface area contributed by atoms with Crippen molar-refractivity contribution in [2.75, 3.05) is 25.6 Å². The third kappa shape index (κ3) is 4.55. The highest BCUT2D eigenvalue weighted by Gasteiger charge is 2.15. The highest BCUT2D eigenvalue weighted by atomic mass is 35.5. The van der Waals surface area contributed by atoms with Crippen LogP contribution in [0, 0.1) is 6.92 Å². The zero-order valence-electron chi connectivity index (χ0n) is 20.1. The van der Waals surface area contributed by atoms with E-state index < -0.39 is 0 Å². The molecule has 3 heterocycles. The Labute approximate surface area is 212 Å². The van der Waals surface area contributed by atoms with Crippen LogP contribution in [0.5, 0.6) is 11.5 Å². The Balaban J connectivity index is 1.35. The number of H-pyrrole nitrogens is 1. The zero-order chi connectivity index (χ0) is 25.1. The first-order valence-electron chi connectivity index (χ1n) is 11.5. The molecular weight excluding hydrogens is 480 g/mol. The average Bonchev–Trinajstić information content (AvgIpc) is 3.54. The van der Waals surface area contributed by atoms with E-state index >= 15 is 0 Å². The van der Waals surface area contributed by atoms with Gasteiger partial charge in [-0.2, -0.15) is 5.21 Å². The molecule has 0 atom stereocenters. The van der Waals surface area contributed by atoms with Gasteiger partial charge in [-0.1, -0.05) is 17.7 Å². The Morgan fingerprint density at radius 1 is 1.08 bits per heavy atom. The highest BCUT2D eigenvalue weighted by molar-refractivity contribution is 6.35. The number of ether oxygens (including phenoxy) is 2. The number of methoxy groups -OCH3 is 1.